The maximum atomic E-state index is 11.7. The van der Waals surface area contributed by atoms with Crippen molar-refractivity contribution < 1.29 is 23.8 Å². The van der Waals surface area contributed by atoms with Gasteiger partial charge in [-0.25, -0.2) is 0 Å². The van der Waals surface area contributed by atoms with Crippen LogP contribution in [0.2, 0.25) is 0 Å². The zero-order valence-corrected chi connectivity index (χ0v) is 9.58. The van der Waals surface area contributed by atoms with Gasteiger partial charge in [0.2, 0.25) is 0 Å². The summed E-state index contributed by atoms with van der Waals surface area (Å²) in [4.78, 5) is 23.3. The normalized spacial score (nSPS) is 35.4. The maximum absolute atomic E-state index is 11.7. The van der Waals surface area contributed by atoms with E-state index < -0.39 is 23.8 Å². The van der Waals surface area contributed by atoms with Crippen molar-refractivity contribution in [2.24, 2.45) is 11.8 Å². The summed E-state index contributed by atoms with van der Waals surface area (Å²) in [7, 11) is 1.59. The third-order valence-electron chi connectivity index (χ3n) is 3.98. The molecule has 1 aromatic carbocycles. The molecular weight excluding hydrogens is 236 g/mol. The summed E-state index contributed by atoms with van der Waals surface area (Å²) in [6.45, 7) is 0. The Morgan fingerprint density at radius 2 is 1.72 bits per heavy atom. The SMILES string of the molecule is COc1ccc2c(c1)[C@H]1O[C@@H]2C2C(=O)OC(=O)C21. The van der Waals surface area contributed by atoms with Crippen molar-refractivity contribution in [1.82, 2.24) is 0 Å². The molecule has 3 aliphatic rings. The number of ether oxygens (including phenoxy) is 3. The van der Waals surface area contributed by atoms with E-state index in [4.69, 9.17) is 14.2 Å². The molecule has 0 N–H and O–H groups in total. The molecule has 2 bridgehead atoms. The van der Waals surface area contributed by atoms with Gasteiger partial charge in [-0.1, -0.05) is 6.07 Å². The van der Waals surface area contributed by atoms with Gasteiger partial charge in [0.05, 0.1) is 19.3 Å². The molecule has 92 valence electrons. The van der Waals surface area contributed by atoms with Crippen LogP contribution < -0.4 is 4.74 Å². The van der Waals surface area contributed by atoms with Crippen LogP contribution >= 0.6 is 0 Å². The summed E-state index contributed by atoms with van der Waals surface area (Å²) in [5, 5.41) is 0. The molecule has 4 rings (SSSR count). The predicted molar refractivity (Wildman–Crippen MR) is 57.6 cm³/mol. The maximum Gasteiger partial charge on any atom is 0.320 e. The number of hydrogen-bond acceptors (Lipinski definition) is 5. The van der Waals surface area contributed by atoms with E-state index in [1.807, 2.05) is 18.2 Å². The zero-order chi connectivity index (χ0) is 12.4. The largest absolute Gasteiger partial charge is 0.497 e. The minimum Gasteiger partial charge on any atom is -0.497 e. The molecule has 0 spiro atoms. The highest BCUT2D eigenvalue weighted by molar-refractivity contribution is 5.98. The van der Waals surface area contributed by atoms with Crippen molar-refractivity contribution in [3.63, 3.8) is 0 Å². The molecule has 2 saturated heterocycles. The number of benzene rings is 1. The monoisotopic (exact) mass is 246 g/mol. The molecule has 18 heavy (non-hydrogen) atoms. The Labute approximate surface area is 103 Å². The Hall–Kier alpha value is -1.88. The van der Waals surface area contributed by atoms with Crippen LogP contribution in [0.3, 0.4) is 0 Å². The minimum atomic E-state index is -0.484. The second-order valence-corrected chi connectivity index (χ2v) is 4.76. The highest BCUT2D eigenvalue weighted by Gasteiger charge is 2.63. The van der Waals surface area contributed by atoms with Gasteiger partial charge in [-0.3, -0.25) is 9.59 Å². The first-order chi connectivity index (χ1) is 8.70. The molecule has 0 radical (unpaired) electrons. The molecule has 2 unspecified atom stereocenters. The summed E-state index contributed by atoms with van der Waals surface area (Å²) < 4.78 is 15.6. The van der Waals surface area contributed by atoms with Gasteiger partial charge in [-0.2, -0.15) is 0 Å². The highest BCUT2D eigenvalue weighted by atomic mass is 16.6. The summed E-state index contributed by atoms with van der Waals surface area (Å²) in [5.74, 6) is -1.16. The van der Waals surface area contributed by atoms with Crippen LogP contribution in [0.1, 0.15) is 23.3 Å². The molecule has 0 aromatic heterocycles. The Bertz CT molecular complexity index is 579. The Morgan fingerprint density at radius 1 is 1.06 bits per heavy atom. The number of carbonyl (C=O) groups excluding carboxylic acids is 2. The fraction of sp³-hybridized carbons (Fsp3) is 0.385. The van der Waals surface area contributed by atoms with Gasteiger partial charge in [0.25, 0.3) is 0 Å². The number of rotatable bonds is 1. The first-order valence-electron chi connectivity index (χ1n) is 5.79. The molecule has 1 aromatic rings. The number of cyclic esters (lactones) is 2. The summed E-state index contributed by atoms with van der Waals surface area (Å²) >= 11 is 0. The summed E-state index contributed by atoms with van der Waals surface area (Å²) in [6, 6.07) is 5.59. The zero-order valence-electron chi connectivity index (χ0n) is 9.58. The van der Waals surface area contributed by atoms with E-state index >= 15 is 0 Å². The number of esters is 2. The smallest absolute Gasteiger partial charge is 0.320 e. The van der Waals surface area contributed by atoms with Gasteiger partial charge in [-0.15, -0.1) is 0 Å². The van der Waals surface area contributed by atoms with E-state index in [-0.39, 0.29) is 12.2 Å². The van der Waals surface area contributed by atoms with Crippen LogP contribution in [0.5, 0.6) is 5.75 Å². The van der Waals surface area contributed by atoms with Gasteiger partial charge in [-0.05, 0) is 23.3 Å². The van der Waals surface area contributed by atoms with E-state index in [0.717, 1.165) is 16.9 Å². The van der Waals surface area contributed by atoms with Crippen molar-refractivity contribution in [3.8, 4) is 5.75 Å². The van der Waals surface area contributed by atoms with E-state index in [0.29, 0.717) is 0 Å². The molecule has 5 nitrogen and oxygen atoms in total. The fourth-order valence-corrected chi connectivity index (χ4v) is 3.20. The van der Waals surface area contributed by atoms with Crippen molar-refractivity contribution in [1.29, 1.82) is 0 Å². The standard InChI is InChI=1S/C13H10O5/c1-16-5-2-3-6-7(4-5)11-9-8(10(6)17-11)12(14)18-13(9)15/h2-4,8-11H,1H3/t8?,9?,10-,11+/m0/s1. The van der Waals surface area contributed by atoms with Crippen LogP contribution in [0.4, 0.5) is 0 Å². The molecule has 3 heterocycles. The third kappa shape index (κ3) is 1.01. The molecular formula is C13H10O5. The second kappa shape index (κ2) is 3.11. The van der Waals surface area contributed by atoms with E-state index in [9.17, 15) is 9.59 Å². The number of carbonyl (C=O) groups is 2. The topological polar surface area (TPSA) is 61.8 Å². The van der Waals surface area contributed by atoms with Gasteiger partial charge in [0, 0.05) is 0 Å². The first-order valence-corrected chi connectivity index (χ1v) is 5.79. The van der Waals surface area contributed by atoms with Crippen molar-refractivity contribution >= 4 is 11.9 Å². The molecule has 0 amide bonds. The van der Waals surface area contributed by atoms with Crippen molar-refractivity contribution in [3.05, 3.63) is 29.3 Å². The number of methoxy groups -OCH3 is 1. The number of fused-ring (bicyclic) bond motifs is 8. The molecule has 0 saturated carbocycles. The average molecular weight is 246 g/mol. The lowest BCUT2D eigenvalue weighted by atomic mass is 9.77. The molecule has 5 heteroatoms. The Balaban J connectivity index is 1.86. The van der Waals surface area contributed by atoms with Crippen LogP contribution in [0, 0.1) is 11.8 Å². The van der Waals surface area contributed by atoms with Crippen LogP contribution in [0.15, 0.2) is 18.2 Å². The molecule has 0 aliphatic carbocycles. The van der Waals surface area contributed by atoms with Crippen LogP contribution in [0.25, 0.3) is 0 Å². The van der Waals surface area contributed by atoms with Gasteiger partial charge in [0.15, 0.2) is 0 Å². The molecule has 4 atom stereocenters. The highest BCUT2D eigenvalue weighted by Crippen LogP contribution is 2.60. The Morgan fingerprint density at radius 3 is 2.39 bits per heavy atom. The Kier molecular flexibility index (Phi) is 1.74. The molecule has 2 fully saturated rings. The van der Waals surface area contributed by atoms with E-state index in [2.05, 4.69) is 0 Å². The fourth-order valence-electron chi connectivity index (χ4n) is 3.20. The number of hydrogen-bond donors (Lipinski definition) is 0. The minimum absolute atomic E-state index is 0.347. The summed E-state index contributed by atoms with van der Waals surface area (Å²) in [6.07, 6.45) is -0.719. The van der Waals surface area contributed by atoms with E-state index in [1.165, 1.54) is 0 Å². The lowest BCUT2D eigenvalue weighted by Gasteiger charge is -2.19. The van der Waals surface area contributed by atoms with E-state index in [1.54, 1.807) is 7.11 Å². The lowest BCUT2D eigenvalue weighted by molar-refractivity contribution is -0.157. The predicted octanol–water partition coefficient (Wildman–Crippen LogP) is 1.14. The first kappa shape index (κ1) is 10.1. The van der Waals surface area contributed by atoms with Gasteiger partial charge in [0.1, 0.15) is 17.6 Å². The van der Waals surface area contributed by atoms with Crippen molar-refractivity contribution in [2.45, 2.75) is 12.2 Å². The van der Waals surface area contributed by atoms with Crippen LogP contribution in [-0.4, -0.2) is 19.0 Å². The van der Waals surface area contributed by atoms with Gasteiger partial charge >= 0.3 is 11.9 Å². The summed E-state index contributed by atoms with van der Waals surface area (Å²) in [5.41, 5.74) is 1.90. The van der Waals surface area contributed by atoms with Crippen molar-refractivity contribution in [2.75, 3.05) is 7.11 Å². The lowest BCUT2D eigenvalue weighted by Crippen LogP contribution is -2.24. The second-order valence-electron chi connectivity index (χ2n) is 4.76. The quantitative estimate of drug-likeness (QED) is 0.549. The third-order valence-corrected chi connectivity index (χ3v) is 3.98. The average Bonchev–Trinajstić information content (AvgIpc) is 3.00. The molecule has 3 aliphatic heterocycles. The van der Waals surface area contributed by atoms with Crippen LogP contribution in [-0.2, 0) is 19.1 Å². The van der Waals surface area contributed by atoms with Gasteiger partial charge < -0.3 is 14.2 Å².